The van der Waals surface area contributed by atoms with Crippen LogP contribution in [0.15, 0.2) is 18.2 Å². The van der Waals surface area contributed by atoms with Crippen molar-refractivity contribution in [2.24, 2.45) is 5.92 Å². The third kappa shape index (κ3) is 3.06. The van der Waals surface area contributed by atoms with Gasteiger partial charge in [0, 0.05) is 38.8 Å². The third-order valence-electron chi connectivity index (χ3n) is 5.75. The summed E-state index contributed by atoms with van der Waals surface area (Å²) in [7, 11) is 0. The number of aryl methyl sites for hydroxylation is 1. The minimum atomic E-state index is -0.130. The number of carbonyl (C=O) groups is 1. The quantitative estimate of drug-likeness (QED) is 0.578. The Morgan fingerprint density at radius 2 is 2.07 bits per heavy atom. The molecule has 2 heterocycles. The fourth-order valence-corrected chi connectivity index (χ4v) is 5.24. The van der Waals surface area contributed by atoms with Gasteiger partial charge in [-0.15, -0.1) is 11.6 Å². The van der Waals surface area contributed by atoms with Crippen molar-refractivity contribution in [3.63, 3.8) is 0 Å². The summed E-state index contributed by atoms with van der Waals surface area (Å²) in [6.45, 7) is 2.31. The molecule has 2 atom stereocenters. The number of fused-ring (bicyclic) bond motifs is 1. The van der Waals surface area contributed by atoms with Crippen molar-refractivity contribution in [2.45, 2.75) is 44.7 Å². The molecule has 2 aromatic rings. The standard InChI is InChI=1S/C21H18Cl3N3O/c1-11-15(8-22)19(14-6-5-13(23)7-16(14)24)20-17(26-11)10-27(21(20)28)18-4-2-3-12(18)9-25/h5-7,12,18H,2-4,8,10H2,1H3/t12-,18?/m0/s1. The number of carbonyl (C=O) groups excluding carboxylic acids is 1. The second-order valence-electron chi connectivity index (χ2n) is 7.30. The number of nitriles is 1. The molecule has 1 aliphatic carbocycles. The van der Waals surface area contributed by atoms with Crippen LogP contribution in [0.5, 0.6) is 0 Å². The molecule has 4 nitrogen and oxygen atoms in total. The molecule has 7 heteroatoms. The highest BCUT2D eigenvalue weighted by atomic mass is 35.5. The van der Waals surface area contributed by atoms with Crippen molar-refractivity contribution in [3.05, 3.63) is 50.8 Å². The van der Waals surface area contributed by atoms with Gasteiger partial charge in [-0.2, -0.15) is 5.26 Å². The summed E-state index contributed by atoms with van der Waals surface area (Å²) in [4.78, 5) is 20.0. The van der Waals surface area contributed by atoms with Crippen molar-refractivity contribution in [3.8, 4) is 17.2 Å². The Labute approximate surface area is 179 Å². The lowest BCUT2D eigenvalue weighted by Gasteiger charge is -2.26. The lowest BCUT2D eigenvalue weighted by Crippen LogP contribution is -2.37. The molecule has 0 bridgehead atoms. The number of hydrogen-bond donors (Lipinski definition) is 0. The van der Waals surface area contributed by atoms with Crippen LogP contribution in [0.4, 0.5) is 0 Å². The Bertz CT molecular complexity index is 1010. The van der Waals surface area contributed by atoms with Gasteiger partial charge >= 0.3 is 0 Å². The second-order valence-corrected chi connectivity index (χ2v) is 8.41. The lowest BCUT2D eigenvalue weighted by molar-refractivity contribution is 0.0683. The molecule has 1 fully saturated rings. The molecule has 1 unspecified atom stereocenters. The maximum absolute atomic E-state index is 13.5. The van der Waals surface area contributed by atoms with Crippen LogP contribution in [0.2, 0.25) is 10.0 Å². The fraction of sp³-hybridized carbons (Fsp3) is 0.381. The van der Waals surface area contributed by atoms with E-state index in [1.807, 2.05) is 17.9 Å². The Hall–Kier alpha value is -1.80. The van der Waals surface area contributed by atoms with Crippen molar-refractivity contribution in [1.82, 2.24) is 9.88 Å². The summed E-state index contributed by atoms with van der Waals surface area (Å²) in [5.41, 5.74) is 4.31. The highest BCUT2D eigenvalue weighted by Crippen LogP contribution is 2.42. The van der Waals surface area contributed by atoms with E-state index in [9.17, 15) is 10.1 Å². The molecule has 1 aliphatic heterocycles. The predicted octanol–water partition coefficient (Wildman–Crippen LogP) is 5.75. The van der Waals surface area contributed by atoms with E-state index in [2.05, 4.69) is 11.1 Å². The number of alkyl halides is 1. The van der Waals surface area contributed by atoms with Crippen molar-refractivity contribution in [1.29, 1.82) is 5.26 Å². The highest BCUT2D eigenvalue weighted by molar-refractivity contribution is 6.36. The average molecular weight is 435 g/mol. The second kappa shape index (κ2) is 7.55. The minimum Gasteiger partial charge on any atom is -0.328 e. The number of hydrogen-bond acceptors (Lipinski definition) is 3. The van der Waals surface area contributed by atoms with Crippen LogP contribution in [-0.2, 0) is 12.4 Å². The maximum atomic E-state index is 13.5. The molecular weight excluding hydrogens is 417 g/mol. The van der Waals surface area contributed by atoms with Crippen LogP contribution in [0.25, 0.3) is 11.1 Å². The third-order valence-corrected chi connectivity index (χ3v) is 6.57. The molecular formula is C21H18Cl3N3O. The topological polar surface area (TPSA) is 57.0 Å². The van der Waals surface area contributed by atoms with E-state index in [0.717, 1.165) is 47.3 Å². The Morgan fingerprint density at radius 3 is 2.75 bits per heavy atom. The van der Waals surface area contributed by atoms with E-state index < -0.39 is 0 Å². The van der Waals surface area contributed by atoms with Gasteiger partial charge in [-0.1, -0.05) is 29.3 Å². The van der Waals surface area contributed by atoms with E-state index in [1.165, 1.54) is 0 Å². The first-order valence-corrected chi connectivity index (χ1v) is 10.5. The molecule has 1 aromatic carbocycles. The van der Waals surface area contributed by atoms with Crippen LogP contribution in [0.3, 0.4) is 0 Å². The first-order chi connectivity index (χ1) is 13.5. The molecule has 0 N–H and O–H groups in total. The normalized spacial score (nSPS) is 21.1. The van der Waals surface area contributed by atoms with Crippen molar-refractivity contribution < 1.29 is 4.79 Å². The summed E-state index contributed by atoms with van der Waals surface area (Å²) < 4.78 is 0. The molecule has 144 valence electrons. The number of aromatic nitrogens is 1. The summed E-state index contributed by atoms with van der Waals surface area (Å²) >= 11 is 18.8. The van der Waals surface area contributed by atoms with Gasteiger partial charge < -0.3 is 4.90 Å². The lowest BCUT2D eigenvalue weighted by atomic mass is 9.93. The van der Waals surface area contributed by atoms with Gasteiger partial charge in [-0.25, -0.2) is 0 Å². The molecule has 0 saturated heterocycles. The van der Waals surface area contributed by atoms with Crippen molar-refractivity contribution >= 4 is 40.7 Å². The Balaban J connectivity index is 1.89. The summed E-state index contributed by atoms with van der Waals surface area (Å²) in [6, 6.07) is 7.53. The van der Waals surface area contributed by atoms with Gasteiger partial charge in [0.15, 0.2) is 0 Å². The average Bonchev–Trinajstić information content (AvgIpc) is 3.25. The number of nitrogens with zero attached hydrogens (tertiary/aromatic N) is 3. The van der Waals surface area contributed by atoms with Crippen LogP contribution < -0.4 is 0 Å². The van der Waals surface area contributed by atoms with E-state index in [4.69, 9.17) is 34.8 Å². The van der Waals surface area contributed by atoms with Gasteiger partial charge in [-0.05, 0) is 43.9 Å². The Kier molecular flexibility index (Phi) is 5.26. The zero-order chi connectivity index (χ0) is 20.0. The SMILES string of the molecule is Cc1nc2c(c(-c3ccc(Cl)cc3Cl)c1CCl)C(=O)N(C1CCC[C@H]1C#N)C2. The zero-order valence-electron chi connectivity index (χ0n) is 15.3. The fourth-order valence-electron chi connectivity index (χ4n) is 4.41. The van der Waals surface area contributed by atoms with Gasteiger partial charge in [0.05, 0.1) is 29.8 Å². The first-order valence-electron chi connectivity index (χ1n) is 9.20. The van der Waals surface area contributed by atoms with E-state index in [1.54, 1.807) is 12.1 Å². The van der Waals surface area contributed by atoms with Crippen LogP contribution in [-0.4, -0.2) is 21.8 Å². The number of benzene rings is 1. The first kappa shape index (κ1) is 19.5. The van der Waals surface area contributed by atoms with Crippen molar-refractivity contribution in [2.75, 3.05) is 0 Å². The van der Waals surface area contributed by atoms with Gasteiger partial charge in [-0.3, -0.25) is 9.78 Å². The maximum Gasteiger partial charge on any atom is 0.257 e. The highest BCUT2D eigenvalue weighted by Gasteiger charge is 2.42. The summed E-state index contributed by atoms with van der Waals surface area (Å²) in [5, 5.41) is 10.5. The van der Waals surface area contributed by atoms with Gasteiger partial charge in [0.1, 0.15) is 0 Å². The summed E-state index contributed by atoms with van der Waals surface area (Å²) in [6.07, 6.45) is 2.63. The molecule has 1 amide bonds. The molecule has 4 rings (SSSR count). The number of rotatable bonds is 3. The Morgan fingerprint density at radius 1 is 1.29 bits per heavy atom. The van der Waals surface area contributed by atoms with E-state index in [-0.39, 0.29) is 23.7 Å². The zero-order valence-corrected chi connectivity index (χ0v) is 17.6. The molecule has 0 spiro atoms. The van der Waals surface area contributed by atoms with Crippen LogP contribution >= 0.6 is 34.8 Å². The minimum absolute atomic E-state index is 0.0694. The molecule has 28 heavy (non-hydrogen) atoms. The molecule has 1 saturated carbocycles. The van der Waals surface area contributed by atoms with Gasteiger partial charge in [0.25, 0.3) is 5.91 Å². The largest absolute Gasteiger partial charge is 0.328 e. The monoisotopic (exact) mass is 433 g/mol. The molecule has 0 radical (unpaired) electrons. The smallest absolute Gasteiger partial charge is 0.257 e. The summed E-state index contributed by atoms with van der Waals surface area (Å²) in [5.74, 6) is -0.00533. The predicted molar refractivity (Wildman–Crippen MR) is 111 cm³/mol. The molecule has 1 aromatic heterocycles. The number of amides is 1. The molecule has 2 aliphatic rings. The number of halogens is 3. The van der Waals surface area contributed by atoms with Crippen LogP contribution in [0, 0.1) is 24.2 Å². The van der Waals surface area contributed by atoms with Crippen LogP contribution in [0.1, 0.15) is 46.6 Å². The van der Waals surface area contributed by atoms with Gasteiger partial charge in [0.2, 0.25) is 0 Å². The van der Waals surface area contributed by atoms with E-state index in [0.29, 0.717) is 22.2 Å². The number of pyridine rings is 1. The van der Waals surface area contributed by atoms with E-state index >= 15 is 0 Å².